The van der Waals surface area contributed by atoms with Crippen LogP contribution in [0.5, 0.6) is 0 Å². The lowest BCUT2D eigenvalue weighted by Crippen LogP contribution is -2.28. The van der Waals surface area contributed by atoms with Crippen LogP contribution in [0.2, 0.25) is 5.02 Å². The van der Waals surface area contributed by atoms with E-state index >= 15 is 0 Å². The molecule has 0 aliphatic carbocycles. The zero-order chi connectivity index (χ0) is 18.5. The Hall–Kier alpha value is -2.31. The van der Waals surface area contributed by atoms with Crippen molar-refractivity contribution in [2.75, 3.05) is 5.75 Å². The molecule has 0 unspecified atom stereocenters. The van der Waals surface area contributed by atoms with E-state index in [0.717, 1.165) is 16.7 Å². The lowest BCUT2D eigenvalue weighted by atomic mass is 10.1. The number of aromatic nitrogens is 2. The Morgan fingerprint density at radius 3 is 2.81 bits per heavy atom. The number of rotatable bonds is 6. The van der Waals surface area contributed by atoms with Crippen molar-refractivity contribution in [2.45, 2.75) is 25.1 Å². The van der Waals surface area contributed by atoms with Crippen LogP contribution >= 0.6 is 23.4 Å². The van der Waals surface area contributed by atoms with Gasteiger partial charge in [0.2, 0.25) is 11.8 Å². The van der Waals surface area contributed by atoms with Crippen LogP contribution in [0.1, 0.15) is 24.1 Å². The van der Waals surface area contributed by atoms with Gasteiger partial charge in [-0.25, -0.2) is 0 Å². The quantitative estimate of drug-likeness (QED) is 0.622. The zero-order valence-electron chi connectivity index (χ0n) is 14.4. The molecule has 1 N–H and O–H groups in total. The minimum atomic E-state index is -0.132. The van der Waals surface area contributed by atoms with E-state index in [1.54, 1.807) is 6.07 Å². The van der Waals surface area contributed by atoms with E-state index in [4.69, 9.17) is 16.0 Å². The number of hydrogen-bond donors (Lipinski definition) is 1. The highest BCUT2D eigenvalue weighted by atomic mass is 35.5. The van der Waals surface area contributed by atoms with Crippen LogP contribution in [-0.4, -0.2) is 21.9 Å². The molecule has 0 saturated heterocycles. The molecule has 26 heavy (non-hydrogen) atoms. The van der Waals surface area contributed by atoms with Gasteiger partial charge < -0.3 is 9.73 Å². The molecule has 1 amide bonds. The highest BCUT2D eigenvalue weighted by Crippen LogP contribution is 2.24. The van der Waals surface area contributed by atoms with E-state index in [0.29, 0.717) is 16.1 Å². The molecule has 134 valence electrons. The minimum absolute atomic E-state index is 0.113. The molecule has 7 heteroatoms. The van der Waals surface area contributed by atoms with E-state index in [-0.39, 0.29) is 17.7 Å². The van der Waals surface area contributed by atoms with Gasteiger partial charge in [-0.15, -0.1) is 10.2 Å². The molecule has 0 radical (unpaired) electrons. The highest BCUT2D eigenvalue weighted by molar-refractivity contribution is 7.99. The van der Waals surface area contributed by atoms with Crippen molar-refractivity contribution in [1.29, 1.82) is 0 Å². The average Bonchev–Trinajstić information content (AvgIpc) is 3.09. The summed E-state index contributed by atoms with van der Waals surface area (Å²) in [7, 11) is 0. The molecule has 2 aromatic carbocycles. The fourth-order valence-electron chi connectivity index (χ4n) is 2.43. The largest absolute Gasteiger partial charge is 0.411 e. The molecule has 1 aromatic heterocycles. The number of benzene rings is 2. The van der Waals surface area contributed by atoms with Gasteiger partial charge in [-0.05, 0) is 43.7 Å². The summed E-state index contributed by atoms with van der Waals surface area (Å²) >= 11 is 7.19. The van der Waals surface area contributed by atoms with Crippen molar-refractivity contribution in [3.63, 3.8) is 0 Å². The minimum Gasteiger partial charge on any atom is -0.411 e. The van der Waals surface area contributed by atoms with Crippen LogP contribution in [0.25, 0.3) is 11.5 Å². The number of carbonyl (C=O) groups is 1. The van der Waals surface area contributed by atoms with Crippen LogP contribution < -0.4 is 5.32 Å². The van der Waals surface area contributed by atoms with Crippen molar-refractivity contribution in [3.8, 4) is 11.5 Å². The van der Waals surface area contributed by atoms with E-state index in [1.807, 2.05) is 56.3 Å². The Balaban J connectivity index is 1.55. The van der Waals surface area contributed by atoms with Gasteiger partial charge in [0, 0.05) is 10.6 Å². The number of nitrogens with one attached hydrogen (secondary N) is 1. The molecule has 0 saturated carbocycles. The van der Waals surface area contributed by atoms with Crippen molar-refractivity contribution in [1.82, 2.24) is 15.5 Å². The van der Waals surface area contributed by atoms with Gasteiger partial charge in [0.15, 0.2) is 0 Å². The van der Waals surface area contributed by atoms with Gasteiger partial charge in [0.1, 0.15) is 0 Å². The van der Waals surface area contributed by atoms with Crippen molar-refractivity contribution in [3.05, 3.63) is 64.7 Å². The molecule has 0 aliphatic heterocycles. The summed E-state index contributed by atoms with van der Waals surface area (Å²) in [6.45, 7) is 3.91. The summed E-state index contributed by atoms with van der Waals surface area (Å²) < 4.78 is 5.62. The topological polar surface area (TPSA) is 68.0 Å². The first kappa shape index (κ1) is 18.5. The van der Waals surface area contributed by atoms with E-state index in [2.05, 4.69) is 15.5 Å². The number of halogens is 1. The Morgan fingerprint density at radius 1 is 1.23 bits per heavy atom. The van der Waals surface area contributed by atoms with Gasteiger partial charge in [-0.2, -0.15) is 0 Å². The van der Waals surface area contributed by atoms with E-state index in [1.165, 1.54) is 11.8 Å². The van der Waals surface area contributed by atoms with Crippen LogP contribution in [0.15, 0.2) is 58.2 Å². The smallest absolute Gasteiger partial charge is 0.277 e. The third-order valence-electron chi connectivity index (χ3n) is 3.72. The third kappa shape index (κ3) is 4.86. The second-order valence-corrected chi connectivity index (χ2v) is 7.24. The van der Waals surface area contributed by atoms with E-state index in [9.17, 15) is 4.79 Å². The Bertz CT molecular complexity index is 913. The normalized spacial score (nSPS) is 12.0. The monoisotopic (exact) mass is 387 g/mol. The number of hydrogen-bond acceptors (Lipinski definition) is 5. The summed E-state index contributed by atoms with van der Waals surface area (Å²) in [6, 6.07) is 15.1. The number of aryl methyl sites for hydroxylation is 1. The summed E-state index contributed by atoms with van der Waals surface area (Å²) in [4.78, 5) is 12.2. The fourth-order valence-corrected chi connectivity index (χ4v) is 3.21. The second-order valence-electron chi connectivity index (χ2n) is 5.88. The zero-order valence-corrected chi connectivity index (χ0v) is 16.0. The molecule has 3 aromatic rings. The summed E-state index contributed by atoms with van der Waals surface area (Å²) in [6.07, 6.45) is 0. The maximum Gasteiger partial charge on any atom is 0.277 e. The molecular weight excluding hydrogens is 370 g/mol. The maximum absolute atomic E-state index is 12.2. The standard InChI is InChI=1S/C19H18ClN3O2S/c1-12-5-3-7-15(9-12)18-22-23-19(25-18)26-11-17(24)21-13(2)14-6-4-8-16(20)10-14/h3-10,13H,11H2,1-2H3,(H,21,24)/t13-/m0/s1. The van der Waals surface area contributed by atoms with Crippen molar-refractivity contribution >= 4 is 29.3 Å². The van der Waals surface area contributed by atoms with Gasteiger partial charge in [-0.1, -0.05) is 53.2 Å². The molecular formula is C19H18ClN3O2S. The Morgan fingerprint density at radius 2 is 2.04 bits per heavy atom. The van der Waals surface area contributed by atoms with Crippen LogP contribution in [0.4, 0.5) is 0 Å². The van der Waals surface area contributed by atoms with Crippen LogP contribution in [0.3, 0.4) is 0 Å². The van der Waals surface area contributed by atoms with Crippen LogP contribution in [-0.2, 0) is 4.79 Å². The molecule has 0 fully saturated rings. The molecule has 0 aliphatic rings. The number of amides is 1. The highest BCUT2D eigenvalue weighted by Gasteiger charge is 2.13. The first-order valence-electron chi connectivity index (χ1n) is 8.09. The predicted molar refractivity (Wildman–Crippen MR) is 103 cm³/mol. The van der Waals surface area contributed by atoms with Gasteiger partial charge in [0.25, 0.3) is 5.22 Å². The molecule has 0 bridgehead atoms. The molecule has 3 rings (SSSR count). The lowest BCUT2D eigenvalue weighted by Gasteiger charge is -2.14. The first-order valence-corrected chi connectivity index (χ1v) is 9.46. The Labute approximate surface area is 161 Å². The predicted octanol–water partition coefficient (Wildman–Crippen LogP) is 4.67. The lowest BCUT2D eigenvalue weighted by molar-refractivity contribution is -0.119. The Kier molecular flexibility index (Phi) is 5.96. The third-order valence-corrected chi connectivity index (χ3v) is 4.78. The molecule has 5 nitrogen and oxygen atoms in total. The second kappa shape index (κ2) is 8.38. The first-order chi connectivity index (χ1) is 12.5. The fraction of sp³-hybridized carbons (Fsp3) is 0.211. The van der Waals surface area contributed by atoms with Gasteiger partial charge in [-0.3, -0.25) is 4.79 Å². The molecule has 1 atom stereocenters. The summed E-state index contributed by atoms with van der Waals surface area (Å²) in [5, 5.41) is 12.0. The van der Waals surface area contributed by atoms with Gasteiger partial charge in [0.05, 0.1) is 11.8 Å². The molecule has 0 spiro atoms. The maximum atomic E-state index is 12.2. The summed E-state index contributed by atoms with van der Waals surface area (Å²) in [5.41, 5.74) is 2.93. The van der Waals surface area contributed by atoms with Crippen LogP contribution in [0, 0.1) is 6.92 Å². The van der Waals surface area contributed by atoms with Crippen molar-refractivity contribution < 1.29 is 9.21 Å². The summed E-state index contributed by atoms with van der Waals surface area (Å²) in [5.74, 6) is 0.530. The van der Waals surface area contributed by atoms with Crippen molar-refractivity contribution in [2.24, 2.45) is 0 Å². The number of nitrogens with zero attached hydrogens (tertiary/aromatic N) is 2. The van der Waals surface area contributed by atoms with Gasteiger partial charge >= 0.3 is 0 Å². The molecule has 1 heterocycles. The van der Waals surface area contributed by atoms with E-state index < -0.39 is 0 Å². The number of thioether (sulfide) groups is 1. The average molecular weight is 388 g/mol. The number of carbonyl (C=O) groups excluding carboxylic acids is 1. The SMILES string of the molecule is Cc1cccc(-c2nnc(SCC(=O)N[C@@H](C)c3cccc(Cl)c3)o2)c1.